The van der Waals surface area contributed by atoms with Crippen LogP contribution in [-0.2, 0) is 11.5 Å². The van der Waals surface area contributed by atoms with E-state index in [9.17, 15) is 15.0 Å². The molecule has 122 valence electrons. The van der Waals surface area contributed by atoms with Crippen molar-refractivity contribution in [2.75, 3.05) is 6.61 Å². The van der Waals surface area contributed by atoms with Crippen molar-refractivity contribution >= 4 is 22.5 Å². The second kappa shape index (κ2) is 6.93. The van der Waals surface area contributed by atoms with Gasteiger partial charge in [-0.3, -0.25) is 9.36 Å². The van der Waals surface area contributed by atoms with Crippen LogP contribution in [0.25, 0.3) is 10.9 Å². The molecule has 3 aromatic rings. The van der Waals surface area contributed by atoms with E-state index in [1.54, 1.807) is 48.5 Å². The Balaban J connectivity index is 1.78. The second-order valence-electron chi connectivity index (χ2n) is 4.95. The molecule has 1 amide bonds. The minimum Gasteiger partial charge on any atom is -0.493 e. The highest BCUT2D eigenvalue weighted by atomic mass is 16.5. The minimum absolute atomic E-state index is 0.132. The number of carbonyl (C=O) groups excluding carboxylic acids is 1. The fourth-order valence-corrected chi connectivity index (χ4v) is 2.31. The van der Waals surface area contributed by atoms with Gasteiger partial charge in [-0.1, -0.05) is 36.4 Å². The number of para-hydroxylation sites is 2. The van der Waals surface area contributed by atoms with Gasteiger partial charge in [0.25, 0.3) is 0 Å². The molecule has 0 saturated heterocycles. The van der Waals surface area contributed by atoms with Gasteiger partial charge >= 0.3 is 5.91 Å². The van der Waals surface area contributed by atoms with E-state index in [1.165, 1.54) is 4.57 Å². The molecule has 7 nitrogen and oxygen atoms in total. The van der Waals surface area contributed by atoms with Gasteiger partial charge in [-0.25, -0.2) is 0 Å². The molecule has 7 heteroatoms. The zero-order valence-electron chi connectivity index (χ0n) is 12.7. The maximum atomic E-state index is 11.8. The molecule has 0 unspecified atom stereocenters. The summed E-state index contributed by atoms with van der Waals surface area (Å²) in [7, 11) is 0. The number of hydrogen-bond donors (Lipinski definition) is 2. The van der Waals surface area contributed by atoms with E-state index in [0.29, 0.717) is 16.7 Å². The fraction of sp³-hybridized carbons (Fsp3) is 0.118. The first kappa shape index (κ1) is 15.7. The van der Waals surface area contributed by atoms with Gasteiger partial charge in [-0.2, -0.15) is 0 Å². The van der Waals surface area contributed by atoms with Crippen LogP contribution in [0, 0.1) is 0 Å². The summed E-state index contributed by atoms with van der Waals surface area (Å²) in [4.78, 5) is 11.8. The van der Waals surface area contributed by atoms with Gasteiger partial charge in [0.15, 0.2) is 12.3 Å². The quantitative estimate of drug-likeness (QED) is 0.705. The van der Waals surface area contributed by atoms with E-state index in [-0.39, 0.29) is 18.2 Å². The number of azo groups is 1. The average molecular weight is 325 g/mol. The first-order chi connectivity index (χ1) is 11.7. The third-order valence-corrected chi connectivity index (χ3v) is 3.43. The summed E-state index contributed by atoms with van der Waals surface area (Å²) in [5, 5.41) is 27.5. The van der Waals surface area contributed by atoms with Crippen molar-refractivity contribution in [2.45, 2.75) is 6.73 Å². The van der Waals surface area contributed by atoms with Crippen molar-refractivity contribution in [1.29, 1.82) is 0 Å². The number of hydrogen-bond acceptors (Lipinski definition) is 5. The summed E-state index contributed by atoms with van der Waals surface area (Å²) in [6.45, 7) is -0.667. The Hall–Kier alpha value is -3.19. The van der Waals surface area contributed by atoms with E-state index >= 15 is 0 Å². The topological polar surface area (TPSA) is 96.4 Å². The zero-order chi connectivity index (χ0) is 16.9. The maximum Gasteiger partial charge on any atom is 0.302 e. The van der Waals surface area contributed by atoms with Crippen LogP contribution in [0.4, 0.5) is 5.69 Å². The summed E-state index contributed by atoms with van der Waals surface area (Å²) >= 11 is 0. The van der Waals surface area contributed by atoms with Crippen molar-refractivity contribution in [3.8, 4) is 11.6 Å². The molecule has 0 aliphatic heterocycles. The Kier molecular flexibility index (Phi) is 4.53. The van der Waals surface area contributed by atoms with Crippen LogP contribution in [0.3, 0.4) is 0 Å². The predicted octanol–water partition coefficient (Wildman–Crippen LogP) is 2.99. The van der Waals surface area contributed by atoms with Gasteiger partial charge in [0.2, 0.25) is 5.88 Å². The number of aromatic hydroxyl groups is 1. The molecule has 0 radical (unpaired) electrons. The molecule has 0 aliphatic rings. The number of aliphatic hydroxyl groups excluding tert-OH is 1. The normalized spacial score (nSPS) is 11.2. The number of aromatic nitrogens is 1. The molecular weight excluding hydrogens is 310 g/mol. The molecule has 2 aromatic carbocycles. The summed E-state index contributed by atoms with van der Waals surface area (Å²) in [5.74, 6) is -0.279. The number of ether oxygens (including phenoxy) is 1. The Morgan fingerprint density at radius 1 is 1.08 bits per heavy atom. The van der Waals surface area contributed by atoms with Gasteiger partial charge in [0, 0.05) is 5.39 Å². The molecule has 0 bridgehead atoms. The standard InChI is InChI=1S/C17H15N3O4/c21-11-20-14-9-5-4-8-13(14)16(17(20)23)19-18-15(22)10-24-12-6-2-1-3-7-12/h1-9,21,23H,10-11H2. The number of aliphatic hydroxyl groups is 1. The molecule has 3 rings (SSSR count). The van der Waals surface area contributed by atoms with Crippen molar-refractivity contribution in [3.05, 3.63) is 54.6 Å². The summed E-state index contributed by atoms with van der Waals surface area (Å²) < 4.78 is 6.56. The molecule has 0 aliphatic carbocycles. The molecule has 0 spiro atoms. The lowest BCUT2D eigenvalue weighted by Gasteiger charge is -2.01. The Morgan fingerprint density at radius 2 is 1.79 bits per heavy atom. The van der Waals surface area contributed by atoms with E-state index in [0.717, 1.165) is 0 Å². The van der Waals surface area contributed by atoms with Crippen LogP contribution in [0.2, 0.25) is 0 Å². The molecule has 0 saturated carbocycles. The van der Waals surface area contributed by atoms with E-state index < -0.39 is 12.6 Å². The molecule has 2 N–H and O–H groups in total. The Labute approximate surface area is 137 Å². The zero-order valence-corrected chi connectivity index (χ0v) is 12.7. The Morgan fingerprint density at radius 3 is 2.54 bits per heavy atom. The van der Waals surface area contributed by atoms with E-state index in [2.05, 4.69) is 10.2 Å². The van der Waals surface area contributed by atoms with E-state index in [4.69, 9.17) is 4.74 Å². The molecular formula is C17H15N3O4. The number of nitrogens with zero attached hydrogens (tertiary/aromatic N) is 3. The summed E-state index contributed by atoms with van der Waals surface area (Å²) in [6.07, 6.45) is 0. The molecule has 24 heavy (non-hydrogen) atoms. The van der Waals surface area contributed by atoms with Crippen molar-refractivity contribution in [2.24, 2.45) is 10.2 Å². The van der Waals surface area contributed by atoms with Gasteiger partial charge in [-0.15, -0.1) is 10.2 Å². The molecule has 1 aromatic heterocycles. The number of fused-ring (bicyclic) bond motifs is 1. The van der Waals surface area contributed by atoms with Gasteiger partial charge in [0.05, 0.1) is 5.52 Å². The van der Waals surface area contributed by atoms with Crippen LogP contribution in [0.5, 0.6) is 11.6 Å². The third kappa shape index (κ3) is 3.11. The monoisotopic (exact) mass is 325 g/mol. The first-order valence-corrected chi connectivity index (χ1v) is 7.24. The highest BCUT2D eigenvalue weighted by molar-refractivity contribution is 5.95. The lowest BCUT2D eigenvalue weighted by Crippen LogP contribution is -2.07. The van der Waals surface area contributed by atoms with Crippen LogP contribution in [0.1, 0.15) is 0 Å². The number of carbonyl (C=O) groups is 1. The third-order valence-electron chi connectivity index (χ3n) is 3.43. The molecule has 0 atom stereocenters. The largest absolute Gasteiger partial charge is 0.493 e. The first-order valence-electron chi connectivity index (χ1n) is 7.24. The van der Waals surface area contributed by atoms with Crippen molar-refractivity contribution in [3.63, 3.8) is 0 Å². The number of benzene rings is 2. The van der Waals surface area contributed by atoms with Crippen molar-refractivity contribution in [1.82, 2.24) is 4.57 Å². The maximum absolute atomic E-state index is 11.8. The van der Waals surface area contributed by atoms with Crippen LogP contribution in [-0.4, -0.2) is 27.3 Å². The molecule has 0 fully saturated rings. The minimum atomic E-state index is -0.584. The van der Waals surface area contributed by atoms with Crippen LogP contribution in [0.15, 0.2) is 64.8 Å². The summed E-state index contributed by atoms with van der Waals surface area (Å²) in [6, 6.07) is 15.9. The number of amides is 1. The lowest BCUT2D eigenvalue weighted by atomic mass is 10.2. The average Bonchev–Trinajstić information content (AvgIpc) is 2.90. The highest BCUT2D eigenvalue weighted by Gasteiger charge is 2.15. The Bertz CT molecular complexity index is 887. The highest BCUT2D eigenvalue weighted by Crippen LogP contribution is 2.38. The lowest BCUT2D eigenvalue weighted by molar-refractivity contribution is -0.120. The van der Waals surface area contributed by atoms with Gasteiger partial charge < -0.3 is 14.9 Å². The summed E-state index contributed by atoms with van der Waals surface area (Å²) in [5.41, 5.74) is 0.729. The van der Waals surface area contributed by atoms with Gasteiger partial charge in [0.1, 0.15) is 12.5 Å². The smallest absolute Gasteiger partial charge is 0.302 e. The van der Waals surface area contributed by atoms with Gasteiger partial charge in [-0.05, 0) is 18.2 Å². The van der Waals surface area contributed by atoms with Crippen molar-refractivity contribution < 1.29 is 19.7 Å². The SMILES string of the molecule is O=C(COc1ccccc1)N=Nc1c(O)n(CO)c2ccccc12. The van der Waals surface area contributed by atoms with E-state index in [1.807, 2.05) is 6.07 Å². The predicted molar refractivity (Wildman–Crippen MR) is 87.3 cm³/mol. The van der Waals surface area contributed by atoms with Crippen LogP contribution < -0.4 is 4.74 Å². The molecule has 1 heterocycles. The fourth-order valence-electron chi connectivity index (χ4n) is 2.31. The number of rotatable bonds is 5. The second-order valence-corrected chi connectivity index (χ2v) is 4.95. The van der Waals surface area contributed by atoms with Crippen LogP contribution >= 0.6 is 0 Å².